The molecule has 1 aromatic heterocycles. The van der Waals surface area contributed by atoms with Crippen LogP contribution in [0, 0.1) is 5.41 Å². The molecule has 2 atom stereocenters. The van der Waals surface area contributed by atoms with E-state index < -0.39 is 0 Å². The van der Waals surface area contributed by atoms with E-state index in [2.05, 4.69) is 52.5 Å². The van der Waals surface area contributed by atoms with Gasteiger partial charge in [0.05, 0.1) is 11.7 Å². The zero-order valence-electron chi connectivity index (χ0n) is 18.9. The SMILES string of the molecule is CN(C[C@H]1Cc2c(cccc2N2CCCC3(CC3)C2)CN1)[C@H]1CCCc2cccnc21. The fraction of sp³-hybridized carbons (Fsp3) is 0.593. The van der Waals surface area contributed by atoms with Crippen LogP contribution in [0.2, 0.25) is 0 Å². The highest BCUT2D eigenvalue weighted by atomic mass is 15.2. The largest absolute Gasteiger partial charge is 0.371 e. The minimum Gasteiger partial charge on any atom is -0.371 e. The number of hydrogen-bond donors (Lipinski definition) is 1. The number of pyridine rings is 1. The fourth-order valence-corrected chi connectivity index (χ4v) is 6.51. The number of nitrogens with zero attached hydrogens (tertiary/aromatic N) is 3. The first-order chi connectivity index (χ1) is 15.2. The summed E-state index contributed by atoms with van der Waals surface area (Å²) in [5.74, 6) is 0. The number of piperidine rings is 1. The predicted molar refractivity (Wildman–Crippen MR) is 126 cm³/mol. The maximum absolute atomic E-state index is 4.78. The summed E-state index contributed by atoms with van der Waals surface area (Å²) in [6.07, 6.45) is 12.5. The highest BCUT2D eigenvalue weighted by Crippen LogP contribution is 2.53. The summed E-state index contributed by atoms with van der Waals surface area (Å²) in [6.45, 7) is 4.60. The molecule has 1 saturated carbocycles. The van der Waals surface area contributed by atoms with Gasteiger partial charge in [0, 0.05) is 44.1 Å². The van der Waals surface area contributed by atoms with Crippen LogP contribution < -0.4 is 10.2 Å². The van der Waals surface area contributed by atoms with Gasteiger partial charge in [0.1, 0.15) is 0 Å². The van der Waals surface area contributed by atoms with Crippen LogP contribution in [0.5, 0.6) is 0 Å². The molecule has 0 bridgehead atoms. The molecule has 31 heavy (non-hydrogen) atoms. The second kappa shape index (κ2) is 7.90. The number of rotatable bonds is 4. The van der Waals surface area contributed by atoms with Crippen LogP contribution in [0.4, 0.5) is 5.69 Å². The minimum atomic E-state index is 0.459. The van der Waals surface area contributed by atoms with Crippen LogP contribution in [0.3, 0.4) is 0 Å². The summed E-state index contributed by atoms with van der Waals surface area (Å²) in [6, 6.07) is 12.3. The molecule has 4 aliphatic rings. The molecule has 2 aliphatic carbocycles. The number of likely N-dealkylation sites (N-methyl/N-ethyl adjacent to an activating group) is 1. The molecule has 6 rings (SSSR count). The van der Waals surface area contributed by atoms with Gasteiger partial charge in [-0.15, -0.1) is 0 Å². The Hall–Kier alpha value is -1.91. The van der Waals surface area contributed by atoms with E-state index in [0.717, 1.165) is 19.5 Å². The Morgan fingerprint density at radius 3 is 2.94 bits per heavy atom. The molecule has 0 radical (unpaired) electrons. The van der Waals surface area contributed by atoms with Crippen LogP contribution >= 0.6 is 0 Å². The van der Waals surface area contributed by atoms with E-state index in [1.54, 1.807) is 5.56 Å². The molecular weight excluding hydrogens is 380 g/mol. The van der Waals surface area contributed by atoms with E-state index in [4.69, 9.17) is 4.98 Å². The van der Waals surface area contributed by atoms with Crippen molar-refractivity contribution in [2.75, 3.05) is 31.6 Å². The van der Waals surface area contributed by atoms with Gasteiger partial charge >= 0.3 is 0 Å². The van der Waals surface area contributed by atoms with E-state index in [1.165, 1.54) is 80.5 Å². The molecule has 4 nitrogen and oxygen atoms in total. The summed E-state index contributed by atoms with van der Waals surface area (Å²) in [5, 5.41) is 3.85. The average molecular weight is 417 g/mol. The van der Waals surface area contributed by atoms with Gasteiger partial charge in [-0.1, -0.05) is 18.2 Å². The second-order valence-corrected chi connectivity index (χ2v) is 10.6. The van der Waals surface area contributed by atoms with Crippen molar-refractivity contribution in [3.05, 3.63) is 58.9 Å². The van der Waals surface area contributed by atoms with Gasteiger partial charge in [0.2, 0.25) is 0 Å². The van der Waals surface area contributed by atoms with Crippen molar-refractivity contribution in [3.63, 3.8) is 0 Å². The fourth-order valence-electron chi connectivity index (χ4n) is 6.51. The molecular formula is C27H36N4. The molecule has 1 saturated heterocycles. The predicted octanol–water partition coefficient (Wildman–Crippen LogP) is 4.49. The number of nitrogens with one attached hydrogen (secondary N) is 1. The smallest absolute Gasteiger partial charge is 0.0607 e. The monoisotopic (exact) mass is 416 g/mol. The molecule has 0 amide bonds. The number of fused-ring (bicyclic) bond motifs is 2. The summed E-state index contributed by atoms with van der Waals surface area (Å²) in [7, 11) is 2.30. The summed E-state index contributed by atoms with van der Waals surface area (Å²) < 4.78 is 0. The standard InChI is InChI=1S/C27H36N4/c1-30(25-10-2-6-20-8-4-14-28-26(20)25)18-22-16-23-21(17-29-22)7-3-9-24(23)31-15-5-11-27(19-31)12-13-27/h3-4,7-9,14,22,25,29H,2,5-6,10-13,15-19H2,1H3/t22-,25+/m1/s1. The Labute approximate surface area is 187 Å². The summed E-state index contributed by atoms with van der Waals surface area (Å²) in [5.41, 5.74) is 8.08. The Morgan fingerprint density at radius 1 is 1.13 bits per heavy atom. The number of hydrogen-bond acceptors (Lipinski definition) is 4. The normalized spacial score (nSPS) is 26.6. The zero-order chi connectivity index (χ0) is 20.8. The van der Waals surface area contributed by atoms with Crippen LogP contribution in [-0.4, -0.2) is 42.6 Å². The maximum Gasteiger partial charge on any atom is 0.0607 e. The van der Waals surface area contributed by atoms with Crippen LogP contribution in [0.25, 0.3) is 0 Å². The first kappa shape index (κ1) is 19.8. The Morgan fingerprint density at radius 2 is 2.03 bits per heavy atom. The Bertz CT molecular complexity index is 950. The number of aromatic nitrogens is 1. The van der Waals surface area contributed by atoms with Gasteiger partial charge in [0.15, 0.2) is 0 Å². The topological polar surface area (TPSA) is 31.4 Å². The Balaban J connectivity index is 1.19. The van der Waals surface area contributed by atoms with Gasteiger partial charge in [-0.05, 0) is 92.7 Å². The molecule has 3 heterocycles. The van der Waals surface area contributed by atoms with Gasteiger partial charge in [-0.25, -0.2) is 0 Å². The first-order valence-corrected chi connectivity index (χ1v) is 12.4. The van der Waals surface area contributed by atoms with Crippen LogP contribution in [0.1, 0.15) is 67.0 Å². The minimum absolute atomic E-state index is 0.459. The summed E-state index contributed by atoms with van der Waals surface area (Å²) >= 11 is 0. The third-order valence-corrected chi connectivity index (χ3v) is 8.45. The van der Waals surface area contributed by atoms with Gasteiger partial charge in [-0.3, -0.25) is 9.88 Å². The molecule has 2 aliphatic heterocycles. The third-order valence-electron chi connectivity index (χ3n) is 8.45. The molecule has 2 aromatic rings. The maximum atomic E-state index is 4.78. The number of anilines is 1. The van der Waals surface area contributed by atoms with Crippen molar-refractivity contribution < 1.29 is 0 Å². The molecule has 1 N–H and O–H groups in total. The van der Waals surface area contributed by atoms with Crippen molar-refractivity contribution in [3.8, 4) is 0 Å². The first-order valence-electron chi connectivity index (χ1n) is 12.4. The number of benzene rings is 1. The highest BCUT2D eigenvalue weighted by Gasteiger charge is 2.45. The average Bonchev–Trinajstić information content (AvgIpc) is 3.56. The molecule has 0 unspecified atom stereocenters. The van der Waals surface area contributed by atoms with Crippen molar-refractivity contribution >= 4 is 5.69 Å². The van der Waals surface area contributed by atoms with Crippen molar-refractivity contribution in [2.24, 2.45) is 5.41 Å². The van der Waals surface area contributed by atoms with Crippen molar-refractivity contribution in [1.82, 2.24) is 15.2 Å². The van der Waals surface area contributed by atoms with Gasteiger partial charge in [0.25, 0.3) is 0 Å². The van der Waals surface area contributed by atoms with Gasteiger partial charge < -0.3 is 10.2 Å². The second-order valence-electron chi connectivity index (χ2n) is 10.6. The van der Waals surface area contributed by atoms with E-state index in [0.29, 0.717) is 17.5 Å². The summed E-state index contributed by atoms with van der Waals surface area (Å²) in [4.78, 5) is 10.1. The Kier molecular flexibility index (Phi) is 5.03. The zero-order valence-corrected chi connectivity index (χ0v) is 18.9. The lowest BCUT2D eigenvalue weighted by molar-refractivity contribution is 0.191. The van der Waals surface area contributed by atoms with E-state index >= 15 is 0 Å². The molecule has 1 spiro atoms. The molecule has 2 fully saturated rings. The lowest BCUT2D eigenvalue weighted by Gasteiger charge is -2.39. The van der Waals surface area contributed by atoms with Crippen molar-refractivity contribution in [2.45, 2.75) is 70.0 Å². The van der Waals surface area contributed by atoms with E-state index in [9.17, 15) is 0 Å². The van der Waals surface area contributed by atoms with Gasteiger partial charge in [-0.2, -0.15) is 0 Å². The molecule has 4 heteroatoms. The van der Waals surface area contributed by atoms with E-state index in [-0.39, 0.29) is 0 Å². The van der Waals surface area contributed by atoms with Crippen LogP contribution in [-0.2, 0) is 19.4 Å². The molecule has 164 valence electrons. The lowest BCUT2D eigenvalue weighted by Crippen LogP contribution is -2.46. The van der Waals surface area contributed by atoms with E-state index in [1.807, 2.05) is 6.20 Å². The third kappa shape index (κ3) is 3.78. The van der Waals surface area contributed by atoms with Crippen LogP contribution in [0.15, 0.2) is 36.5 Å². The van der Waals surface area contributed by atoms with Crippen molar-refractivity contribution in [1.29, 1.82) is 0 Å². The lowest BCUT2D eigenvalue weighted by atomic mass is 9.89. The number of aryl methyl sites for hydroxylation is 1. The quantitative estimate of drug-likeness (QED) is 0.796. The highest BCUT2D eigenvalue weighted by molar-refractivity contribution is 5.58. The molecule has 1 aromatic carbocycles.